The van der Waals surface area contributed by atoms with Gasteiger partial charge in [0.25, 0.3) is 0 Å². The van der Waals surface area contributed by atoms with Gasteiger partial charge in [-0.2, -0.15) is 0 Å². The van der Waals surface area contributed by atoms with Crippen LogP contribution in [0.25, 0.3) is 6.08 Å². The Labute approximate surface area is 117 Å². The zero-order valence-corrected chi connectivity index (χ0v) is 12.3. The molecule has 96 valence electrons. The molecule has 0 spiro atoms. The van der Waals surface area contributed by atoms with Gasteiger partial charge >= 0.3 is 0 Å². The predicted molar refractivity (Wildman–Crippen MR) is 80.4 cm³/mol. The number of hydrogen-bond donors (Lipinski definition) is 1. The van der Waals surface area contributed by atoms with Crippen molar-refractivity contribution in [3.05, 3.63) is 52.0 Å². The van der Waals surface area contributed by atoms with E-state index in [1.807, 2.05) is 50.3 Å². The highest BCUT2D eigenvalue weighted by atomic mass is 79.9. The van der Waals surface area contributed by atoms with Crippen LogP contribution >= 0.6 is 15.9 Å². The van der Waals surface area contributed by atoms with Gasteiger partial charge in [0, 0.05) is 17.1 Å². The van der Waals surface area contributed by atoms with E-state index in [0.717, 1.165) is 16.5 Å². The Morgan fingerprint density at radius 3 is 2.89 bits per heavy atom. The van der Waals surface area contributed by atoms with Crippen LogP contribution in [0.4, 0.5) is 0 Å². The summed E-state index contributed by atoms with van der Waals surface area (Å²) in [6, 6.07) is 6.04. The second-order valence-electron chi connectivity index (χ2n) is 4.01. The van der Waals surface area contributed by atoms with Gasteiger partial charge in [-0.3, -0.25) is 4.79 Å². The van der Waals surface area contributed by atoms with E-state index in [-0.39, 0.29) is 5.91 Å². The highest BCUT2D eigenvalue weighted by Gasteiger charge is 1.97. The first-order valence-corrected chi connectivity index (χ1v) is 6.76. The lowest BCUT2D eigenvalue weighted by molar-refractivity contribution is -0.116. The number of hydrogen-bond acceptors (Lipinski definition) is 1. The van der Waals surface area contributed by atoms with Crippen molar-refractivity contribution in [3.63, 3.8) is 0 Å². The molecule has 1 rings (SSSR count). The van der Waals surface area contributed by atoms with Gasteiger partial charge in [-0.05, 0) is 43.5 Å². The Morgan fingerprint density at radius 1 is 1.44 bits per heavy atom. The molecule has 1 N–H and O–H groups in total. The second kappa shape index (κ2) is 7.88. The predicted octanol–water partition coefficient (Wildman–Crippen LogP) is 3.85. The second-order valence-corrected chi connectivity index (χ2v) is 4.86. The average Bonchev–Trinajstić information content (AvgIpc) is 2.33. The number of carbonyl (C=O) groups excluding carboxylic acids is 1. The quantitative estimate of drug-likeness (QED) is 0.499. The van der Waals surface area contributed by atoms with E-state index in [1.165, 1.54) is 5.56 Å². The minimum atomic E-state index is -0.0630. The number of benzene rings is 1. The molecular weight excluding hydrogens is 290 g/mol. The van der Waals surface area contributed by atoms with Crippen LogP contribution in [-0.4, -0.2) is 12.5 Å². The van der Waals surface area contributed by atoms with Crippen LogP contribution in [0.15, 0.2) is 40.9 Å². The summed E-state index contributed by atoms with van der Waals surface area (Å²) in [5.41, 5.74) is 2.19. The molecule has 3 heteroatoms. The van der Waals surface area contributed by atoms with Crippen LogP contribution in [-0.2, 0) is 4.79 Å². The molecule has 0 saturated carbocycles. The van der Waals surface area contributed by atoms with Gasteiger partial charge in [-0.15, -0.1) is 0 Å². The molecule has 0 fully saturated rings. The summed E-state index contributed by atoms with van der Waals surface area (Å²) in [6.45, 7) is 4.67. The molecule has 0 bridgehead atoms. The van der Waals surface area contributed by atoms with E-state index >= 15 is 0 Å². The van der Waals surface area contributed by atoms with Crippen molar-refractivity contribution in [2.24, 2.45) is 0 Å². The fourth-order valence-corrected chi connectivity index (χ4v) is 2.06. The Hall–Kier alpha value is -1.35. The number of nitrogens with one attached hydrogen (secondary N) is 1. The van der Waals surface area contributed by atoms with E-state index in [0.29, 0.717) is 6.54 Å². The van der Waals surface area contributed by atoms with E-state index < -0.39 is 0 Å². The Morgan fingerprint density at radius 2 is 2.22 bits per heavy atom. The van der Waals surface area contributed by atoms with Crippen molar-refractivity contribution in [2.75, 3.05) is 6.54 Å². The number of halogens is 1. The molecule has 0 aliphatic rings. The first kappa shape index (κ1) is 14.7. The highest BCUT2D eigenvalue weighted by molar-refractivity contribution is 9.10. The van der Waals surface area contributed by atoms with E-state index in [9.17, 15) is 4.79 Å². The van der Waals surface area contributed by atoms with Gasteiger partial charge in [0.05, 0.1) is 0 Å². The topological polar surface area (TPSA) is 29.1 Å². The molecule has 1 aromatic rings. The number of rotatable bonds is 5. The van der Waals surface area contributed by atoms with Crippen LogP contribution in [0, 0.1) is 6.92 Å². The van der Waals surface area contributed by atoms with E-state index in [2.05, 4.69) is 21.2 Å². The van der Waals surface area contributed by atoms with Gasteiger partial charge < -0.3 is 5.32 Å². The third kappa shape index (κ3) is 5.32. The third-order valence-corrected chi connectivity index (χ3v) is 3.10. The van der Waals surface area contributed by atoms with Crippen LogP contribution in [0.5, 0.6) is 0 Å². The zero-order valence-electron chi connectivity index (χ0n) is 10.7. The van der Waals surface area contributed by atoms with Crippen LogP contribution in [0.2, 0.25) is 0 Å². The molecule has 0 atom stereocenters. The number of aryl methyl sites for hydroxylation is 1. The Balaban J connectivity index is 2.50. The number of carbonyl (C=O) groups is 1. The lowest BCUT2D eigenvalue weighted by Crippen LogP contribution is -2.21. The third-order valence-electron chi connectivity index (χ3n) is 2.42. The smallest absolute Gasteiger partial charge is 0.244 e. The average molecular weight is 308 g/mol. The standard InChI is InChI=1S/C15H18BrNO/c1-3-4-5-10-17-15(18)9-8-13-7-6-12(2)11-14(13)16/h3-4,6-9,11H,5,10H2,1-2H3,(H,17,18)/b4-3+,9-8+. The molecule has 0 aliphatic heterocycles. The van der Waals surface area contributed by atoms with E-state index in [1.54, 1.807) is 6.08 Å². The zero-order chi connectivity index (χ0) is 13.4. The largest absolute Gasteiger partial charge is 0.352 e. The first-order valence-electron chi connectivity index (χ1n) is 5.96. The maximum atomic E-state index is 11.5. The van der Waals surface area contributed by atoms with Crippen molar-refractivity contribution >= 4 is 27.9 Å². The van der Waals surface area contributed by atoms with Crippen molar-refractivity contribution < 1.29 is 4.79 Å². The van der Waals surface area contributed by atoms with Crippen LogP contribution in [0.1, 0.15) is 24.5 Å². The molecular formula is C15H18BrNO. The van der Waals surface area contributed by atoms with Gasteiger partial charge in [0.2, 0.25) is 5.91 Å². The van der Waals surface area contributed by atoms with Crippen LogP contribution < -0.4 is 5.32 Å². The molecule has 2 nitrogen and oxygen atoms in total. The minimum absolute atomic E-state index is 0.0630. The first-order chi connectivity index (χ1) is 8.63. The molecule has 0 saturated heterocycles. The van der Waals surface area contributed by atoms with Crippen LogP contribution in [0.3, 0.4) is 0 Å². The van der Waals surface area contributed by atoms with Gasteiger partial charge in [0.1, 0.15) is 0 Å². The van der Waals surface area contributed by atoms with Crippen molar-refractivity contribution in [2.45, 2.75) is 20.3 Å². The monoisotopic (exact) mass is 307 g/mol. The molecule has 1 aromatic carbocycles. The Bertz CT molecular complexity index is 464. The fraction of sp³-hybridized carbons (Fsp3) is 0.267. The minimum Gasteiger partial charge on any atom is -0.352 e. The molecule has 1 amide bonds. The summed E-state index contributed by atoms with van der Waals surface area (Å²) >= 11 is 3.48. The fourth-order valence-electron chi connectivity index (χ4n) is 1.44. The highest BCUT2D eigenvalue weighted by Crippen LogP contribution is 2.19. The molecule has 0 aromatic heterocycles. The summed E-state index contributed by atoms with van der Waals surface area (Å²) in [5.74, 6) is -0.0630. The van der Waals surface area contributed by atoms with Crippen molar-refractivity contribution in [1.29, 1.82) is 0 Å². The summed E-state index contributed by atoms with van der Waals surface area (Å²) in [5, 5.41) is 2.83. The summed E-state index contributed by atoms with van der Waals surface area (Å²) in [7, 11) is 0. The summed E-state index contributed by atoms with van der Waals surface area (Å²) < 4.78 is 1.00. The molecule has 0 radical (unpaired) electrons. The molecule has 0 unspecified atom stereocenters. The lowest BCUT2D eigenvalue weighted by atomic mass is 10.1. The SMILES string of the molecule is C/C=C/CCNC(=O)/C=C/c1ccc(C)cc1Br. The number of allylic oxidation sites excluding steroid dienone is 1. The maximum absolute atomic E-state index is 11.5. The summed E-state index contributed by atoms with van der Waals surface area (Å²) in [6.07, 6.45) is 8.25. The number of amides is 1. The normalized spacial score (nSPS) is 11.3. The van der Waals surface area contributed by atoms with Gasteiger partial charge in [-0.25, -0.2) is 0 Å². The lowest BCUT2D eigenvalue weighted by Gasteiger charge is -2.01. The van der Waals surface area contributed by atoms with Crippen molar-refractivity contribution in [1.82, 2.24) is 5.32 Å². The van der Waals surface area contributed by atoms with Gasteiger partial charge in [-0.1, -0.05) is 40.2 Å². The molecule has 0 heterocycles. The molecule has 0 aliphatic carbocycles. The summed E-state index contributed by atoms with van der Waals surface area (Å²) in [4.78, 5) is 11.5. The van der Waals surface area contributed by atoms with E-state index in [4.69, 9.17) is 0 Å². The molecule has 18 heavy (non-hydrogen) atoms. The Kier molecular flexibility index (Phi) is 6.44. The maximum Gasteiger partial charge on any atom is 0.244 e. The van der Waals surface area contributed by atoms with Crippen molar-refractivity contribution in [3.8, 4) is 0 Å². The van der Waals surface area contributed by atoms with Gasteiger partial charge in [0.15, 0.2) is 0 Å².